The fourth-order valence-corrected chi connectivity index (χ4v) is 1.56. The van der Waals surface area contributed by atoms with Gasteiger partial charge in [0.2, 0.25) is 0 Å². The first-order chi connectivity index (χ1) is 8.38. The maximum absolute atomic E-state index is 8.80. The van der Waals surface area contributed by atoms with Gasteiger partial charge in [-0.25, -0.2) is 0 Å². The molecule has 0 fully saturated rings. The maximum atomic E-state index is 8.80. The second-order valence-corrected chi connectivity index (χ2v) is 3.64. The molecule has 1 aromatic carbocycles. The number of nitriles is 1. The van der Waals surface area contributed by atoms with Crippen LogP contribution in [0.1, 0.15) is 18.0 Å². The zero-order valence-corrected chi connectivity index (χ0v) is 9.93. The van der Waals surface area contributed by atoms with Crippen LogP contribution < -0.4 is 5.32 Å². The monoisotopic (exact) mass is 230 g/mol. The third-order valence-electron chi connectivity index (χ3n) is 2.37. The van der Waals surface area contributed by atoms with Gasteiger partial charge in [0.05, 0.1) is 25.7 Å². The molecule has 3 nitrogen and oxygen atoms in total. The average Bonchev–Trinajstić information content (AvgIpc) is 2.38. The highest BCUT2D eigenvalue weighted by Crippen LogP contribution is 2.15. The molecule has 0 heterocycles. The first-order valence-electron chi connectivity index (χ1n) is 5.72. The van der Waals surface area contributed by atoms with Crippen molar-refractivity contribution in [1.29, 1.82) is 5.26 Å². The molecule has 1 rings (SSSR count). The standard InChI is InChI=1S/C14H18N2O/c1-2-11-17-12-10-16-14(8-9-15)13-6-4-3-5-7-13/h2-7,14,16H,1,8,10-12H2. The average molecular weight is 230 g/mol. The van der Waals surface area contributed by atoms with Crippen LogP contribution in [0.4, 0.5) is 0 Å². The number of benzene rings is 1. The van der Waals surface area contributed by atoms with Crippen LogP contribution in [-0.2, 0) is 4.74 Å². The van der Waals surface area contributed by atoms with Gasteiger partial charge in [-0.05, 0) is 5.56 Å². The third-order valence-corrected chi connectivity index (χ3v) is 2.37. The van der Waals surface area contributed by atoms with Crippen molar-refractivity contribution in [3.05, 3.63) is 48.6 Å². The zero-order valence-electron chi connectivity index (χ0n) is 9.93. The van der Waals surface area contributed by atoms with Gasteiger partial charge in [0.25, 0.3) is 0 Å². The molecule has 0 saturated heterocycles. The van der Waals surface area contributed by atoms with Crippen molar-refractivity contribution >= 4 is 0 Å². The molecule has 0 saturated carbocycles. The van der Waals surface area contributed by atoms with Gasteiger partial charge in [0.15, 0.2) is 0 Å². The predicted octanol–water partition coefficient (Wildman–Crippen LogP) is 2.43. The van der Waals surface area contributed by atoms with Gasteiger partial charge in [0.1, 0.15) is 0 Å². The Morgan fingerprint density at radius 1 is 1.41 bits per heavy atom. The summed E-state index contributed by atoms with van der Waals surface area (Å²) in [6, 6.07) is 12.3. The molecule has 0 aromatic heterocycles. The van der Waals surface area contributed by atoms with Crippen molar-refractivity contribution in [2.75, 3.05) is 19.8 Å². The van der Waals surface area contributed by atoms with Crippen LogP contribution >= 0.6 is 0 Å². The number of nitrogens with one attached hydrogen (secondary N) is 1. The number of hydrogen-bond donors (Lipinski definition) is 1. The lowest BCUT2D eigenvalue weighted by atomic mass is 10.0. The van der Waals surface area contributed by atoms with Gasteiger partial charge in [-0.15, -0.1) is 6.58 Å². The fraction of sp³-hybridized carbons (Fsp3) is 0.357. The van der Waals surface area contributed by atoms with Crippen LogP contribution in [-0.4, -0.2) is 19.8 Å². The Labute approximate surface area is 103 Å². The summed E-state index contributed by atoms with van der Waals surface area (Å²) < 4.78 is 5.28. The van der Waals surface area contributed by atoms with E-state index in [0.717, 1.165) is 12.1 Å². The van der Waals surface area contributed by atoms with Gasteiger partial charge >= 0.3 is 0 Å². The number of nitrogens with zero attached hydrogens (tertiary/aromatic N) is 1. The Hall–Kier alpha value is -1.63. The summed E-state index contributed by atoms with van der Waals surface area (Å²) in [5.41, 5.74) is 1.14. The molecule has 0 amide bonds. The normalized spacial score (nSPS) is 11.7. The Kier molecular flexibility index (Phi) is 6.73. The van der Waals surface area contributed by atoms with Crippen LogP contribution in [0.2, 0.25) is 0 Å². The van der Waals surface area contributed by atoms with Crippen molar-refractivity contribution in [3.8, 4) is 6.07 Å². The highest BCUT2D eigenvalue weighted by atomic mass is 16.5. The van der Waals surface area contributed by atoms with Gasteiger partial charge in [0, 0.05) is 12.6 Å². The quantitative estimate of drug-likeness (QED) is 0.551. The minimum Gasteiger partial charge on any atom is -0.376 e. The molecule has 1 N–H and O–H groups in total. The topological polar surface area (TPSA) is 45.0 Å². The molecule has 17 heavy (non-hydrogen) atoms. The van der Waals surface area contributed by atoms with Crippen LogP contribution in [0.3, 0.4) is 0 Å². The Bertz CT molecular complexity index is 356. The van der Waals surface area contributed by atoms with Crippen LogP contribution in [0.25, 0.3) is 0 Å². The SMILES string of the molecule is C=CCOCCNC(CC#N)c1ccccc1. The summed E-state index contributed by atoms with van der Waals surface area (Å²) in [5, 5.41) is 12.1. The maximum Gasteiger partial charge on any atom is 0.0645 e. The van der Waals surface area contributed by atoms with Gasteiger partial charge in [-0.3, -0.25) is 0 Å². The predicted molar refractivity (Wildman–Crippen MR) is 68.4 cm³/mol. The largest absolute Gasteiger partial charge is 0.376 e. The number of ether oxygens (including phenoxy) is 1. The van der Waals surface area contributed by atoms with E-state index in [4.69, 9.17) is 10.00 Å². The molecular weight excluding hydrogens is 212 g/mol. The second kappa shape index (κ2) is 8.51. The first-order valence-corrected chi connectivity index (χ1v) is 5.72. The van der Waals surface area contributed by atoms with E-state index >= 15 is 0 Å². The van der Waals surface area contributed by atoms with Crippen LogP contribution in [0.15, 0.2) is 43.0 Å². The minimum atomic E-state index is 0.0773. The van der Waals surface area contributed by atoms with E-state index in [2.05, 4.69) is 18.0 Å². The molecule has 0 bridgehead atoms. The number of hydrogen-bond acceptors (Lipinski definition) is 3. The van der Waals surface area contributed by atoms with Gasteiger partial charge in [-0.2, -0.15) is 5.26 Å². The fourth-order valence-electron chi connectivity index (χ4n) is 1.56. The number of rotatable bonds is 8. The Morgan fingerprint density at radius 2 is 2.18 bits per heavy atom. The molecule has 0 aliphatic rings. The van der Waals surface area contributed by atoms with E-state index in [1.807, 2.05) is 30.3 Å². The van der Waals surface area contributed by atoms with Gasteiger partial charge in [-0.1, -0.05) is 36.4 Å². The summed E-state index contributed by atoms with van der Waals surface area (Å²) in [6.07, 6.45) is 2.19. The molecule has 1 atom stereocenters. The minimum absolute atomic E-state index is 0.0773. The van der Waals surface area contributed by atoms with Crippen molar-refractivity contribution < 1.29 is 4.74 Å². The molecule has 1 unspecified atom stereocenters. The Morgan fingerprint density at radius 3 is 2.82 bits per heavy atom. The van der Waals surface area contributed by atoms with E-state index < -0.39 is 0 Å². The van der Waals surface area contributed by atoms with Crippen molar-refractivity contribution in [2.24, 2.45) is 0 Å². The summed E-state index contributed by atoms with van der Waals surface area (Å²) >= 11 is 0. The molecule has 3 heteroatoms. The van der Waals surface area contributed by atoms with Crippen molar-refractivity contribution in [3.63, 3.8) is 0 Å². The Balaban J connectivity index is 2.39. The molecule has 90 valence electrons. The molecule has 0 aliphatic heterocycles. The zero-order chi connectivity index (χ0) is 12.3. The van der Waals surface area contributed by atoms with E-state index in [1.165, 1.54) is 0 Å². The lowest BCUT2D eigenvalue weighted by Crippen LogP contribution is -2.25. The summed E-state index contributed by atoms with van der Waals surface area (Å²) in [6.45, 7) is 5.50. The summed E-state index contributed by atoms with van der Waals surface area (Å²) in [5.74, 6) is 0. The first kappa shape index (κ1) is 13.4. The lowest BCUT2D eigenvalue weighted by Gasteiger charge is -2.16. The highest BCUT2D eigenvalue weighted by molar-refractivity contribution is 5.19. The summed E-state index contributed by atoms with van der Waals surface area (Å²) in [7, 11) is 0. The van der Waals surface area contributed by atoms with E-state index in [-0.39, 0.29) is 6.04 Å². The van der Waals surface area contributed by atoms with E-state index in [0.29, 0.717) is 19.6 Å². The molecule has 0 aliphatic carbocycles. The van der Waals surface area contributed by atoms with Crippen LogP contribution in [0.5, 0.6) is 0 Å². The third kappa shape index (κ3) is 5.30. The van der Waals surface area contributed by atoms with Crippen LogP contribution in [0, 0.1) is 11.3 Å². The molecule has 0 spiro atoms. The van der Waals surface area contributed by atoms with Crippen molar-refractivity contribution in [2.45, 2.75) is 12.5 Å². The summed E-state index contributed by atoms with van der Waals surface area (Å²) in [4.78, 5) is 0. The smallest absolute Gasteiger partial charge is 0.0645 e. The molecule has 1 aromatic rings. The second-order valence-electron chi connectivity index (χ2n) is 3.64. The highest BCUT2D eigenvalue weighted by Gasteiger charge is 2.09. The van der Waals surface area contributed by atoms with E-state index in [9.17, 15) is 0 Å². The lowest BCUT2D eigenvalue weighted by molar-refractivity contribution is 0.161. The van der Waals surface area contributed by atoms with Crippen molar-refractivity contribution in [1.82, 2.24) is 5.32 Å². The molecular formula is C14H18N2O. The van der Waals surface area contributed by atoms with E-state index in [1.54, 1.807) is 6.08 Å². The molecule has 0 radical (unpaired) electrons. The van der Waals surface area contributed by atoms with Gasteiger partial charge < -0.3 is 10.1 Å².